The van der Waals surface area contributed by atoms with Gasteiger partial charge in [-0.2, -0.15) is 0 Å². The molecule has 23 heavy (non-hydrogen) atoms. The van der Waals surface area contributed by atoms with Crippen LogP contribution in [0.5, 0.6) is 0 Å². The predicted molar refractivity (Wildman–Crippen MR) is 97.7 cm³/mol. The molecular formula is C16H34N4O2S. The topological polar surface area (TPSA) is 73.8 Å². The average molecular weight is 347 g/mol. The molecule has 0 bridgehead atoms. The van der Waals surface area contributed by atoms with Crippen LogP contribution in [0.25, 0.3) is 0 Å². The summed E-state index contributed by atoms with van der Waals surface area (Å²) in [5.74, 6) is 1.61. The van der Waals surface area contributed by atoms with Gasteiger partial charge >= 0.3 is 0 Å². The highest BCUT2D eigenvalue weighted by molar-refractivity contribution is 7.90. The van der Waals surface area contributed by atoms with Gasteiger partial charge in [-0.05, 0) is 52.1 Å². The van der Waals surface area contributed by atoms with Gasteiger partial charge in [0, 0.05) is 31.9 Å². The molecule has 0 aromatic rings. The summed E-state index contributed by atoms with van der Waals surface area (Å²) < 4.78 is 22.5. The van der Waals surface area contributed by atoms with E-state index in [9.17, 15) is 8.42 Å². The fraction of sp³-hybridized carbons (Fsp3) is 0.938. The van der Waals surface area contributed by atoms with Crippen molar-refractivity contribution in [1.29, 1.82) is 0 Å². The van der Waals surface area contributed by atoms with Crippen molar-refractivity contribution >= 4 is 15.8 Å². The Labute approximate surface area is 142 Å². The van der Waals surface area contributed by atoms with Gasteiger partial charge in [0.1, 0.15) is 9.84 Å². The SMILES string of the molecule is CCNC(=NCC1CCCN(CC)C1)NC(C)CCS(C)(=O)=O. The minimum atomic E-state index is -2.91. The molecule has 1 saturated heterocycles. The fourth-order valence-electron chi connectivity index (χ4n) is 2.82. The van der Waals surface area contributed by atoms with E-state index in [4.69, 9.17) is 4.99 Å². The lowest BCUT2D eigenvalue weighted by atomic mass is 9.98. The molecule has 0 spiro atoms. The van der Waals surface area contributed by atoms with Crippen LogP contribution in [0.1, 0.15) is 40.0 Å². The molecule has 1 aliphatic rings. The molecule has 7 heteroatoms. The van der Waals surface area contributed by atoms with Crippen LogP contribution in [0.4, 0.5) is 0 Å². The van der Waals surface area contributed by atoms with E-state index in [1.54, 1.807) is 0 Å². The third-order valence-electron chi connectivity index (χ3n) is 4.21. The van der Waals surface area contributed by atoms with Gasteiger partial charge in [0.05, 0.1) is 5.75 Å². The Morgan fingerprint density at radius 2 is 2.13 bits per heavy atom. The number of likely N-dealkylation sites (tertiary alicyclic amines) is 1. The van der Waals surface area contributed by atoms with E-state index in [1.807, 2.05) is 13.8 Å². The van der Waals surface area contributed by atoms with Gasteiger partial charge in [0.15, 0.2) is 5.96 Å². The first kappa shape index (κ1) is 20.2. The Bertz CT molecular complexity index is 465. The Balaban J connectivity index is 2.48. The molecule has 1 aliphatic heterocycles. The van der Waals surface area contributed by atoms with Crippen molar-refractivity contribution in [3.8, 4) is 0 Å². The lowest BCUT2D eigenvalue weighted by molar-refractivity contribution is 0.186. The highest BCUT2D eigenvalue weighted by Gasteiger charge is 2.18. The number of nitrogens with one attached hydrogen (secondary N) is 2. The molecule has 1 heterocycles. The van der Waals surface area contributed by atoms with Gasteiger partial charge in [0.2, 0.25) is 0 Å². The van der Waals surface area contributed by atoms with E-state index < -0.39 is 9.84 Å². The maximum Gasteiger partial charge on any atom is 0.191 e. The zero-order chi connectivity index (χ0) is 17.3. The molecular weight excluding hydrogens is 312 g/mol. The summed E-state index contributed by atoms with van der Waals surface area (Å²) in [4.78, 5) is 7.19. The Kier molecular flexibility index (Phi) is 8.91. The fourth-order valence-corrected chi connectivity index (χ4v) is 3.61. The summed E-state index contributed by atoms with van der Waals surface area (Å²) in [7, 11) is -2.91. The standard InChI is InChI=1S/C16H34N4O2S/c1-5-17-16(19-14(3)9-11-23(4,21)22)18-12-15-8-7-10-20(6-2)13-15/h14-15H,5-13H2,1-4H3,(H2,17,18,19). The Hall–Kier alpha value is -0.820. The van der Waals surface area contributed by atoms with Crippen LogP contribution >= 0.6 is 0 Å². The van der Waals surface area contributed by atoms with Crippen molar-refractivity contribution in [2.45, 2.75) is 46.1 Å². The Morgan fingerprint density at radius 1 is 1.39 bits per heavy atom. The first-order valence-corrected chi connectivity index (χ1v) is 10.8. The molecule has 0 amide bonds. The lowest BCUT2D eigenvalue weighted by Gasteiger charge is -2.31. The summed E-state index contributed by atoms with van der Waals surface area (Å²) in [6, 6.07) is 0.0843. The summed E-state index contributed by atoms with van der Waals surface area (Å²) >= 11 is 0. The van der Waals surface area contributed by atoms with Crippen LogP contribution in [0.15, 0.2) is 4.99 Å². The minimum absolute atomic E-state index is 0.0843. The number of rotatable bonds is 8. The summed E-state index contributed by atoms with van der Waals surface area (Å²) in [5.41, 5.74) is 0. The number of aliphatic imine (C=N–C) groups is 1. The van der Waals surface area contributed by atoms with E-state index in [1.165, 1.54) is 25.6 Å². The summed E-state index contributed by atoms with van der Waals surface area (Å²) in [6.45, 7) is 11.3. The van der Waals surface area contributed by atoms with Crippen molar-refractivity contribution in [2.24, 2.45) is 10.9 Å². The van der Waals surface area contributed by atoms with Crippen LogP contribution in [0.3, 0.4) is 0 Å². The van der Waals surface area contributed by atoms with Crippen molar-refractivity contribution in [3.63, 3.8) is 0 Å². The van der Waals surface area contributed by atoms with E-state index in [0.29, 0.717) is 12.3 Å². The molecule has 2 unspecified atom stereocenters. The third kappa shape index (κ3) is 9.15. The normalized spacial score (nSPS) is 21.9. The monoisotopic (exact) mass is 346 g/mol. The smallest absolute Gasteiger partial charge is 0.191 e. The zero-order valence-electron chi connectivity index (χ0n) is 15.1. The molecule has 0 aromatic carbocycles. The molecule has 6 nitrogen and oxygen atoms in total. The van der Waals surface area contributed by atoms with Crippen molar-refractivity contribution in [3.05, 3.63) is 0 Å². The lowest BCUT2D eigenvalue weighted by Crippen LogP contribution is -2.43. The van der Waals surface area contributed by atoms with Crippen molar-refractivity contribution in [1.82, 2.24) is 15.5 Å². The molecule has 2 atom stereocenters. The van der Waals surface area contributed by atoms with Gasteiger partial charge < -0.3 is 15.5 Å². The first-order valence-electron chi connectivity index (χ1n) is 8.79. The average Bonchev–Trinajstić information content (AvgIpc) is 2.50. The molecule has 2 N–H and O–H groups in total. The second-order valence-electron chi connectivity index (χ2n) is 6.59. The molecule has 0 aliphatic carbocycles. The highest BCUT2D eigenvalue weighted by Crippen LogP contribution is 2.16. The predicted octanol–water partition coefficient (Wildman–Crippen LogP) is 1.10. The number of piperidine rings is 1. The molecule has 0 aromatic heterocycles. The van der Waals surface area contributed by atoms with Gasteiger partial charge in [-0.15, -0.1) is 0 Å². The number of sulfone groups is 1. The number of hydrogen-bond acceptors (Lipinski definition) is 4. The van der Waals surface area contributed by atoms with Crippen LogP contribution < -0.4 is 10.6 Å². The maximum atomic E-state index is 11.3. The van der Waals surface area contributed by atoms with Crippen LogP contribution in [0, 0.1) is 5.92 Å². The third-order valence-corrected chi connectivity index (χ3v) is 5.18. The van der Waals surface area contributed by atoms with Gasteiger partial charge in [-0.3, -0.25) is 4.99 Å². The Morgan fingerprint density at radius 3 is 2.74 bits per heavy atom. The highest BCUT2D eigenvalue weighted by atomic mass is 32.2. The number of nitrogens with zero attached hydrogens (tertiary/aromatic N) is 2. The van der Waals surface area contributed by atoms with Gasteiger partial charge in [-0.25, -0.2) is 8.42 Å². The molecule has 1 rings (SSSR count). The van der Waals surface area contributed by atoms with Crippen molar-refractivity contribution in [2.75, 3.05) is 44.7 Å². The van der Waals surface area contributed by atoms with E-state index >= 15 is 0 Å². The maximum absolute atomic E-state index is 11.3. The largest absolute Gasteiger partial charge is 0.357 e. The minimum Gasteiger partial charge on any atom is -0.357 e. The number of guanidine groups is 1. The van der Waals surface area contributed by atoms with Crippen LogP contribution in [-0.2, 0) is 9.84 Å². The second kappa shape index (κ2) is 10.1. The van der Waals surface area contributed by atoms with Crippen LogP contribution in [0.2, 0.25) is 0 Å². The molecule has 1 fully saturated rings. The van der Waals surface area contributed by atoms with E-state index in [0.717, 1.165) is 32.1 Å². The molecule has 136 valence electrons. The number of hydrogen-bond donors (Lipinski definition) is 2. The van der Waals surface area contributed by atoms with E-state index in [2.05, 4.69) is 22.5 Å². The van der Waals surface area contributed by atoms with Crippen molar-refractivity contribution < 1.29 is 8.42 Å². The zero-order valence-corrected chi connectivity index (χ0v) is 16.0. The summed E-state index contributed by atoms with van der Waals surface area (Å²) in [5, 5.41) is 6.57. The quantitative estimate of drug-likeness (QED) is 0.508. The van der Waals surface area contributed by atoms with Gasteiger partial charge in [0.25, 0.3) is 0 Å². The molecule has 0 saturated carbocycles. The second-order valence-corrected chi connectivity index (χ2v) is 8.84. The van der Waals surface area contributed by atoms with E-state index in [-0.39, 0.29) is 11.8 Å². The van der Waals surface area contributed by atoms with Crippen LogP contribution in [-0.4, -0.2) is 70.1 Å². The van der Waals surface area contributed by atoms with Gasteiger partial charge in [-0.1, -0.05) is 6.92 Å². The molecule has 0 radical (unpaired) electrons. The first-order chi connectivity index (χ1) is 10.8. The summed E-state index contributed by atoms with van der Waals surface area (Å²) in [6.07, 6.45) is 4.36.